The van der Waals surface area contributed by atoms with Crippen LogP contribution in [0, 0.1) is 0 Å². The smallest absolute Gasteiger partial charge is 0.0782 e. The van der Waals surface area contributed by atoms with Gasteiger partial charge in [0.2, 0.25) is 0 Å². The summed E-state index contributed by atoms with van der Waals surface area (Å²) in [7, 11) is 2.01. The molecular weight excluding hydrogens is 338 g/mol. The fourth-order valence-electron chi connectivity index (χ4n) is 2.20. The van der Waals surface area contributed by atoms with E-state index >= 15 is 0 Å². The molecule has 0 bridgehead atoms. The number of hydrogen-bond donors (Lipinski definition) is 1. The van der Waals surface area contributed by atoms with Crippen LogP contribution in [0.1, 0.15) is 24.2 Å². The number of rotatable bonds is 4. The van der Waals surface area contributed by atoms with Gasteiger partial charge in [-0.15, -0.1) is 0 Å². The monoisotopic (exact) mass is 353 g/mol. The molecule has 106 valence electrons. The lowest BCUT2D eigenvalue weighted by Gasteiger charge is -2.24. The van der Waals surface area contributed by atoms with E-state index in [0.717, 1.165) is 32.9 Å². The van der Waals surface area contributed by atoms with Crippen LogP contribution < -0.4 is 4.90 Å². The maximum atomic E-state index is 9.92. The summed E-state index contributed by atoms with van der Waals surface area (Å²) in [4.78, 5) is 2.11. The molecule has 0 spiro atoms. The Morgan fingerprint density at radius 3 is 2.65 bits per heavy atom. The van der Waals surface area contributed by atoms with Crippen LogP contribution in [0.4, 0.5) is 5.69 Å². The van der Waals surface area contributed by atoms with Gasteiger partial charge in [-0.1, -0.05) is 39.7 Å². The van der Waals surface area contributed by atoms with E-state index in [9.17, 15) is 5.11 Å². The van der Waals surface area contributed by atoms with Gasteiger partial charge in [-0.25, -0.2) is 0 Å². The van der Waals surface area contributed by atoms with Crippen LogP contribution in [0.25, 0.3) is 0 Å². The lowest BCUT2D eigenvalue weighted by atomic mass is 10.1. The number of anilines is 1. The Labute approximate surface area is 133 Å². The fraction of sp³-hybridized carbons (Fsp3) is 0.250. The normalized spacial score (nSPS) is 12.2. The van der Waals surface area contributed by atoms with Crippen LogP contribution in [0.15, 0.2) is 46.9 Å². The molecule has 1 unspecified atom stereocenters. The van der Waals surface area contributed by atoms with E-state index in [0.29, 0.717) is 0 Å². The van der Waals surface area contributed by atoms with E-state index in [2.05, 4.69) is 20.8 Å². The van der Waals surface area contributed by atoms with Gasteiger partial charge in [0.25, 0.3) is 0 Å². The van der Waals surface area contributed by atoms with Crippen LogP contribution in [-0.4, -0.2) is 12.2 Å². The largest absolute Gasteiger partial charge is 0.389 e. The minimum absolute atomic E-state index is 0.510. The van der Waals surface area contributed by atoms with Crippen LogP contribution >= 0.6 is 27.5 Å². The first-order valence-corrected chi connectivity index (χ1v) is 7.57. The van der Waals surface area contributed by atoms with Crippen molar-refractivity contribution in [3.63, 3.8) is 0 Å². The van der Waals surface area contributed by atoms with Gasteiger partial charge < -0.3 is 10.0 Å². The third-order valence-corrected chi connectivity index (χ3v) is 3.89. The van der Waals surface area contributed by atoms with Gasteiger partial charge >= 0.3 is 0 Å². The lowest BCUT2D eigenvalue weighted by molar-refractivity contribution is 0.199. The van der Waals surface area contributed by atoms with Gasteiger partial charge in [-0.2, -0.15) is 0 Å². The first kappa shape index (κ1) is 15.4. The summed E-state index contributed by atoms with van der Waals surface area (Å²) in [5, 5.41) is 10.7. The van der Waals surface area contributed by atoms with E-state index in [1.54, 1.807) is 6.92 Å². The Kier molecular flexibility index (Phi) is 5.08. The highest BCUT2D eigenvalue weighted by atomic mass is 79.9. The van der Waals surface area contributed by atoms with Crippen molar-refractivity contribution in [2.24, 2.45) is 0 Å². The highest BCUT2D eigenvalue weighted by Crippen LogP contribution is 2.29. The summed E-state index contributed by atoms with van der Waals surface area (Å²) in [6.07, 6.45) is -0.510. The quantitative estimate of drug-likeness (QED) is 0.853. The third-order valence-electron chi connectivity index (χ3n) is 3.16. The molecule has 0 fully saturated rings. The molecule has 1 atom stereocenters. The third kappa shape index (κ3) is 3.75. The zero-order chi connectivity index (χ0) is 14.7. The fourth-order valence-corrected chi connectivity index (χ4v) is 2.79. The molecule has 2 rings (SSSR count). The van der Waals surface area contributed by atoms with Gasteiger partial charge in [0.15, 0.2) is 0 Å². The predicted molar refractivity (Wildman–Crippen MR) is 88.3 cm³/mol. The van der Waals surface area contributed by atoms with Crippen molar-refractivity contribution in [3.05, 3.63) is 63.1 Å². The topological polar surface area (TPSA) is 23.5 Å². The molecule has 0 aliphatic rings. The first-order valence-electron chi connectivity index (χ1n) is 6.40. The molecule has 1 N–H and O–H groups in total. The van der Waals surface area contributed by atoms with Crippen molar-refractivity contribution in [2.45, 2.75) is 19.6 Å². The Morgan fingerprint density at radius 2 is 2.00 bits per heavy atom. The molecule has 0 aliphatic carbocycles. The molecule has 0 amide bonds. The molecule has 2 aromatic carbocycles. The molecule has 0 radical (unpaired) electrons. The lowest BCUT2D eigenvalue weighted by Crippen LogP contribution is -2.18. The Bertz CT molecular complexity index is 601. The summed E-state index contributed by atoms with van der Waals surface area (Å²) >= 11 is 9.46. The second kappa shape index (κ2) is 6.61. The maximum Gasteiger partial charge on any atom is 0.0782 e. The van der Waals surface area contributed by atoms with Gasteiger partial charge in [0, 0.05) is 34.3 Å². The van der Waals surface area contributed by atoms with Crippen molar-refractivity contribution in [1.82, 2.24) is 0 Å². The van der Waals surface area contributed by atoms with Crippen molar-refractivity contribution in [2.75, 3.05) is 11.9 Å². The summed E-state index contributed by atoms with van der Waals surface area (Å²) < 4.78 is 0.966. The van der Waals surface area contributed by atoms with Crippen molar-refractivity contribution >= 4 is 33.2 Å². The number of nitrogens with zero attached hydrogens (tertiary/aromatic N) is 1. The van der Waals surface area contributed by atoms with Gasteiger partial charge in [0.1, 0.15) is 0 Å². The van der Waals surface area contributed by atoms with Gasteiger partial charge in [0.05, 0.1) is 6.10 Å². The van der Waals surface area contributed by atoms with E-state index < -0.39 is 6.10 Å². The zero-order valence-electron chi connectivity index (χ0n) is 11.5. The predicted octanol–water partition coefficient (Wildman–Crippen LogP) is 4.79. The number of aliphatic hydroxyl groups is 1. The maximum absolute atomic E-state index is 9.92. The molecule has 20 heavy (non-hydrogen) atoms. The van der Waals surface area contributed by atoms with Crippen LogP contribution in [0.3, 0.4) is 0 Å². The average Bonchev–Trinajstić information content (AvgIpc) is 2.38. The number of halogens is 2. The van der Waals surface area contributed by atoms with Crippen LogP contribution in [0.5, 0.6) is 0 Å². The second-order valence-electron chi connectivity index (χ2n) is 4.87. The van der Waals surface area contributed by atoms with E-state index in [4.69, 9.17) is 11.6 Å². The van der Waals surface area contributed by atoms with Crippen LogP contribution in [-0.2, 0) is 6.54 Å². The standard InChI is InChI=1S/C16H17BrClNO/c1-11(20)15-9-13(17)6-7-16(15)19(2)10-12-4-3-5-14(18)8-12/h3-9,11,20H,10H2,1-2H3. The van der Waals surface area contributed by atoms with Crippen molar-refractivity contribution < 1.29 is 5.11 Å². The van der Waals surface area contributed by atoms with Crippen molar-refractivity contribution in [3.8, 4) is 0 Å². The zero-order valence-corrected chi connectivity index (χ0v) is 13.8. The highest BCUT2D eigenvalue weighted by molar-refractivity contribution is 9.10. The number of hydrogen-bond acceptors (Lipinski definition) is 2. The summed E-state index contributed by atoms with van der Waals surface area (Å²) in [5.74, 6) is 0. The van der Waals surface area contributed by atoms with Crippen molar-refractivity contribution in [1.29, 1.82) is 0 Å². The summed E-state index contributed by atoms with van der Waals surface area (Å²) in [6, 6.07) is 13.8. The molecule has 2 aromatic rings. The average molecular weight is 355 g/mol. The van der Waals surface area contributed by atoms with E-state index in [-0.39, 0.29) is 0 Å². The van der Waals surface area contributed by atoms with E-state index in [1.165, 1.54) is 0 Å². The van der Waals surface area contributed by atoms with Crippen LogP contribution in [0.2, 0.25) is 5.02 Å². The SMILES string of the molecule is CC(O)c1cc(Br)ccc1N(C)Cc1cccc(Cl)c1. The molecule has 2 nitrogen and oxygen atoms in total. The van der Waals surface area contributed by atoms with Gasteiger partial charge in [-0.3, -0.25) is 0 Å². The molecule has 4 heteroatoms. The second-order valence-corrected chi connectivity index (χ2v) is 6.22. The number of benzene rings is 2. The summed E-state index contributed by atoms with van der Waals surface area (Å²) in [6.45, 7) is 2.51. The molecular formula is C16H17BrClNO. The molecule has 0 heterocycles. The molecule has 0 saturated heterocycles. The number of aliphatic hydroxyl groups excluding tert-OH is 1. The molecule has 0 saturated carbocycles. The van der Waals surface area contributed by atoms with E-state index in [1.807, 2.05) is 49.5 Å². The molecule has 0 aliphatic heterocycles. The minimum atomic E-state index is -0.510. The Balaban J connectivity index is 2.27. The van der Waals surface area contributed by atoms with Gasteiger partial charge in [-0.05, 0) is 42.8 Å². The summed E-state index contributed by atoms with van der Waals surface area (Å²) in [5.41, 5.74) is 3.06. The molecule has 0 aromatic heterocycles. The Hall–Kier alpha value is -1.03. The Morgan fingerprint density at radius 1 is 1.25 bits per heavy atom. The highest BCUT2D eigenvalue weighted by Gasteiger charge is 2.12. The first-order chi connectivity index (χ1) is 9.47. The minimum Gasteiger partial charge on any atom is -0.389 e.